The Labute approximate surface area is 151 Å². The van der Waals surface area contributed by atoms with E-state index in [4.69, 9.17) is 10.5 Å². The predicted octanol–water partition coefficient (Wildman–Crippen LogP) is 2.76. The van der Waals surface area contributed by atoms with Gasteiger partial charge in [0, 0.05) is 7.11 Å². The van der Waals surface area contributed by atoms with E-state index in [1.165, 1.54) is 31.4 Å². The molecule has 0 spiro atoms. The van der Waals surface area contributed by atoms with Crippen molar-refractivity contribution in [3.63, 3.8) is 0 Å². The maximum Gasteiger partial charge on any atom is 0.239 e. The van der Waals surface area contributed by atoms with Crippen molar-refractivity contribution in [1.29, 1.82) is 0 Å². The zero-order valence-corrected chi connectivity index (χ0v) is 14.6. The first-order valence-electron chi connectivity index (χ1n) is 7.54. The van der Waals surface area contributed by atoms with E-state index in [0.717, 1.165) is 0 Å². The molecule has 2 aromatic rings. The van der Waals surface area contributed by atoms with Gasteiger partial charge in [-0.1, -0.05) is 24.3 Å². The largest absolute Gasteiger partial charge is 0.383 e. The molecule has 0 aliphatic heterocycles. The van der Waals surface area contributed by atoms with Gasteiger partial charge in [-0.3, -0.25) is 4.79 Å². The maximum absolute atomic E-state index is 13.5. The zero-order valence-electron chi connectivity index (χ0n) is 13.7. The summed E-state index contributed by atoms with van der Waals surface area (Å²) in [7, 11) is 1.45. The highest BCUT2D eigenvalue weighted by Crippen LogP contribution is 2.20. The van der Waals surface area contributed by atoms with Gasteiger partial charge in [0.15, 0.2) is 0 Å². The number of nitrogens with two attached hydrogens (primary N) is 1. The van der Waals surface area contributed by atoms with Crippen LogP contribution in [-0.2, 0) is 16.0 Å². The van der Waals surface area contributed by atoms with Crippen LogP contribution in [-0.4, -0.2) is 25.7 Å². The Morgan fingerprint density at radius 1 is 1.16 bits per heavy atom. The molecular weight excluding hydrogens is 350 g/mol. The van der Waals surface area contributed by atoms with Crippen LogP contribution in [0.3, 0.4) is 0 Å². The number of halogens is 3. The molecule has 0 heterocycles. The second kappa shape index (κ2) is 10.1. The monoisotopic (exact) mass is 370 g/mol. The normalized spacial score (nSPS) is 12.8. The molecule has 0 saturated heterocycles. The molecule has 2 rings (SSSR count). The number of carbonyl (C=O) groups excluding carboxylic acids is 1. The second-order valence-electron chi connectivity index (χ2n) is 5.51. The molecule has 136 valence electrons. The van der Waals surface area contributed by atoms with Crippen molar-refractivity contribution in [1.82, 2.24) is 5.32 Å². The summed E-state index contributed by atoms with van der Waals surface area (Å²) in [6.07, 6.45) is 0.312. The molecule has 0 fully saturated rings. The van der Waals surface area contributed by atoms with Crippen LogP contribution in [0.15, 0.2) is 48.5 Å². The van der Waals surface area contributed by atoms with Crippen molar-refractivity contribution in [2.75, 3.05) is 13.7 Å². The van der Waals surface area contributed by atoms with Crippen LogP contribution < -0.4 is 11.1 Å². The number of carbonyl (C=O) groups is 1. The molecule has 0 aromatic heterocycles. The van der Waals surface area contributed by atoms with E-state index >= 15 is 0 Å². The number of methoxy groups -OCH3 is 1. The van der Waals surface area contributed by atoms with Gasteiger partial charge in [-0.2, -0.15) is 0 Å². The van der Waals surface area contributed by atoms with E-state index in [0.29, 0.717) is 17.5 Å². The summed E-state index contributed by atoms with van der Waals surface area (Å²) in [5.41, 5.74) is 7.00. The summed E-state index contributed by atoms with van der Waals surface area (Å²) in [5.74, 6) is -1.19. The second-order valence-corrected chi connectivity index (χ2v) is 5.51. The highest BCUT2D eigenvalue weighted by Gasteiger charge is 2.20. The maximum atomic E-state index is 13.5. The lowest BCUT2D eigenvalue weighted by Crippen LogP contribution is -2.45. The number of hydrogen-bond acceptors (Lipinski definition) is 3. The summed E-state index contributed by atoms with van der Waals surface area (Å²) in [6.45, 7) is 0.0711. The first kappa shape index (κ1) is 21.0. The van der Waals surface area contributed by atoms with E-state index in [1.54, 1.807) is 24.3 Å². The van der Waals surface area contributed by atoms with Crippen molar-refractivity contribution in [2.24, 2.45) is 5.73 Å². The van der Waals surface area contributed by atoms with Gasteiger partial charge in [-0.25, -0.2) is 8.78 Å². The highest BCUT2D eigenvalue weighted by molar-refractivity contribution is 5.85. The van der Waals surface area contributed by atoms with Gasteiger partial charge in [-0.15, -0.1) is 12.4 Å². The average Bonchev–Trinajstić information content (AvgIpc) is 2.54. The lowest BCUT2D eigenvalue weighted by molar-refractivity contribution is -0.124. The number of rotatable bonds is 7. The van der Waals surface area contributed by atoms with Gasteiger partial charge in [-0.05, 0) is 41.8 Å². The predicted molar refractivity (Wildman–Crippen MR) is 94.5 cm³/mol. The number of amides is 1. The summed E-state index contributed by atoms with van der Waals surface area (Å²) in [5, 5.41) is 2.78. The Kier molecular flexibility index (Phi) is 8.48. The van der Waals surface area contributed by atoms with Crippen molar-refractivity contribution in [3.05, 3.63) is 71.3 Å². The minimum absolute atomic E-state index is 0. The Balaban J connectivity index is 0.00000312. The van der Waals surface area contributed by atoms with Crippen molar-refractivity contribution in [2.45, 2.75) is 18.5 Å². The molecule has 0 bridgehead atoms. The van der Waals surface area contributed by atoms with E-state index in [9.17, 15) is 13.6 Å². The number of benzene rings is 2. The summed E-state index contributed by atoms with van der Waals surface area (Å²) >= 11 is 0. The minimum atomic E-state index is -0.835. The van der Waals surface area contributed by atoms with Crippen molar-refractivity contribution >= 4 is 18.3 Å². The fourth-order valence-electron chi connectivity index (χ4n) is 2.41. The topological polar surface area (TPSA) is 64.3 Å². The number of hydrogen-bond donors (Lipinski definition) is 2. The number of ether oxygens (including phenoxy) is 1. The van der Waals surface area contributed by atoms with Gasteiger partial charge >= 0.3 is 0 Å². The molecule has 2 unspecified atom stereocenters. The van der Waals surface area contributed by atoms with Crippen LogP contribution in [0, 0.1) is 11.6 Å². The SMILES string of the molecule is COCC(N)C(=O)NC(Cc1cccc(F)c1)c1cccc(F)c1.Cl. The highest BCUT2D eigenvalue weighted by atomic mass is 35.5. The third-order valence-corrected chi connectivity index (χ3v) is 3.58. The molecule has 0 saturated carbocycles. The molecule has 3 N–H and O–H groups in total. The van der Waals surface area contributed by atoms with E-state index < -0.39 is 23.8 Å². The average molecular weight is 371 g/mol. The van der Waals surface area contributed by atoms with Crippen LogP contribution in [0.5, 0.6) is 0 Å². The third-order valence-electron chi connectivity index (χ3n) is 3.58. The molecule has 7 heteroatoms. The van der Waals surface area contributed by atoms with Gasteiger partial charge in [0.1, 0.15) is 17.7 Å². The van der Waals surface area contributed by atoms with E-state index in [-0.39, 0.29) is 24.8 Å². The lowest BCUT2D eigenvalue weighted by atomic mass is 9.98. The van der Waals surface area contributed by atoms with Crippen LogP contribution >= 0.6 is 12.4 Å². The van der Waals surface area contributed by atoms with Crippen LogP contribution in [0.25, 0.3) is 0 Å². The standard InChI is InChI=1S/C18H20F2N2O2.ClH/c1-24-11-16(21)18(23)22-17(13-5-3-7-15(20)10-13)9-12-4-2-6-14(19)8-12;/h2-8,10,16-17H,9,11,21H2,1H3,(H,22,23);1H. The minimum Gasteiger partial charge on any atom is -0.383 e. The fourth-order valence-corrected chi connectivity index (χ4v) is 2.41. The van der Waals surface area contributed by atoms with Gasteiger partial charge in [0.05, 0.1) is 12.6 Å². The number of nitrogens with one attached hydrogen (secondary N) is 1. The molecule has 2 aromatic carbocycles. The molecule has 4 nitrogen and oxygen atoms in total. The summed E-state index contributed by atoms with van der Waals surface area (Å²) in [4.78, 5) is 12.2. The Morgan fingerprint density at radius 2 is 1.80 bits per heavy atom. The summed E-state index contributed by atoms with van der Waals surface area (Å²) in [6, 6.07) is 10.6. The summed E-state index contributed by atoms with van der Waals surface area (Å²) < 4.78 is 31.8. The van der Waals surface area contributed by atoms with Crippen LogP contribution in [0.4, 0.5) is 8.78 Å². The van der Waals surface area contributed by atoms with Crippen LogP contribution in [0.2, 0.25) is 0 Å². The van der Waals surface area contributed by atoms with E-state index in [2.05, 4.69) is 5.32 Å². The first-order chi connectivity index (χ1) is 11.5. The zero-order chi connectivity index (χ0) is 17.5. The van der Waals surface area contributed by atoms with Gasteiger partial charge in [0.2, 0.25) is 5.91 Å². The fraction of sp³-hybridized carbons (Fsp3) is 0.278. The van der Waals surface area contributed by atoms with Crippen molar-refractivity contribution < 1.29 is 18.3 Å². The van der Waals surface area contributed by atoms with Gasteiger partial charge in [0.25, 0.3) is 0 Å². The Hall–Kier alpha value is -2.02. The Bertz CT molecular complexity index is 700. The van der Waals surface area contributed by atoms with Gasteiger partial charge < -0.3 is 15.8 Å². The van der Waals surface area contributed by atoms with E-state index in [1.807, 2.05) is 0 Å². The molecule has 0 aliphatic carbocycles. The third kappa shape index (κ3) is 6.42. The molecule has 25 heavy (non-hydrogen) atoms. The molecule has 1 amide bonds. The quantitative estimate of drug-likeness (QED) is 0.787. The molecule has 0 aliphatic rings. The molecular formula is C18H21ClF2N2O2. The smallest absolute Gasteiger partial charge is 0.239 e. The van der Waals surface area contributed by atoms with Crippen LogP contribution in [0.1, 0.15) is 17.2 Å². The van der Waals surface area contributed by atoms with Crippen molar-refractivity contribution in [3.8, 4) is 0 Å². The first-order valence-corrected chi connectivity index (χ1v) is 7.54. The Morgan fingerprint density at radius 3 is 2.40 bits per heavy atom. The molecule has 2 atom stereocenters. The molecule has 0 radical (unpaired) electrons. The lowest BCUT2D eigenvalue weighted by Gasteiger charge is -2.21.